The van der Waals surface area contributed by atoms with Gasteiger partial charge in [-0.1, -0.05) is 6.92 Å². The minimum absolute atomic E-state index is 0.487. The summed E-state index contributed by atoms with van der Waals surface area (Å²) in [5.41, 5.74) is 0.675. The number of hydrogen-bond donors (Lipinski definition) is 0. The van der Waals surface area contributed by atoms with Crippen LogP contribution in [0.1, 0.15) is 17.3 Å². The van der Waals surface area contributed by atoms with Crippen LogP contribution in [-0.2, 0) is 0 Å². The van der Waals surface area contributed by atoms with Crippen LogP contribution in [0.3, 0.4) is 0 Å². The summed E-state index contributed by atoms with van der Waals surface area (Å²) in [5.74, 6) is 1.30. The van der Waals surface area contributed by atoms with Crippen LogP contribution in [0.25, 0.3) is 0 Å². The molecule has 0 N–H and O–H groups in total. The lowest BCUT2D eigenvalue weighted by Crippen LogP contribution is -2.24. The van der Waals surface area contributed by atoms with Crippen molar-refractivity contribution in [2.45, 2.75) is 6.92 Å². The molecule has 0 aliphatic carbocycles. The second kappa shape index (κ2) is 6.28. The maximum absolute atomic E-state index is 10.5. The van der Waals surface area contributed by atoms with Crippen LogP contribution < -0.4 is 4.74 Å². The molecule has 0 aliphatic heterocycles. The van der Waals surface area contributed by atoms with Crippen LogP contribution in [0.4, 0.5) is 0 Å². The van der Waals surface area contributed by atoms with Crippen molar-refractivity contribution >= 4 is 6.29 Å². The Morgan fingerprint density at radius 3 is 2.44 bits per heavy atom. The summed E-state index contributed by atoms with van der Waals surface area (Å²) in [6.07, 6.45) is 0.832. The first kappa shape index (κ1) is 12.7. The molecule has 16 heavy (non-hydrogen) atoms. The van der Waals surface area contributed by atoms with E-state index in [4.69, 9.17) is 4.74 Å². The number of hydrogen-bond acceptors (Lipinski definition) is 3. The predicted octanol–water partition coefficient (Wildman–Crippen LogP) is 2.08. The van der Waals surface area contributed by atoms with Gasteiger partial charge in [-0.15, -0.1) is 0 Å². The topological polar surface area (TPSA) is 29.5 Å². The highest BCUT2D eigenvalue weighted by Crippen LogP contribution is 2.12. The van der Waals surface area contributed by atoms with E-state index >= 15 is 0 Å². The van der Waals surface area contributed by atoms with Crippen LogP contribution in [0.2, 0.25) is 0 Å². The van der Waals surface area contributed by atoms with E-state index in [2.05, 4.69) is 25.9 Å². The summed E-state index contributed by atoms with van der Waals surface area (Å²) in [6, 6.07) is 7.18. The van der Waals surface area contributed by atoms with Crippen molar-refractivity contribution in [3.63, 3.8) is 0 Å². The highest BCUT2D eigenvalue weighted by molar-refractivity contribution is 5.74. The minimum atomic E-state index is 0.487. The van der Waals surface area contributed by atoms with E-state index in [1.807, 2.05) is 12.1 Å². The van der Waals surface area contributed by atoms with Crippen molar-refractivity contribution in [3.05, 3.63) is 29.8 Å². The number of nitrogens with zero attached hydrogens (tertiary/aromatic N) is 1. The van der Waals surface area contributed by atoms with Gasteiger partial charge in [0.05, 0.1) is 6.61 Å². The molecule has 0 bridgehead atoms. The molecular formula is C13H19NO2. The van der Waals surface area contributed by atoms with Gasteiger partial charge in [0.1, 0.15) is 12.0 Å². The van der Waals surface area contributed by atoms with Crippen molar-refractivity contribution in [1.82, 2.24) is 4.90 Å². The van der Waals surface area contributed by atoms with Gasteiger partial charge in [-0.25, -0.2) is 0 Å². The summed E-state index contributed by atoms with van der Waals surface area (Å²) in [5, 5.41) is 0. The third-order valence-corrected chi connectivity index (χ3v) is 2.23. The molecule has 3 nitrogen and oxygen atoms in total. The fourth-order valence-electron chi connectivity index (χ4n) is 1.56. The monoisotopic (exact) mass is 221 g/mol. The molecule has 0 saturated heterocycles. The third kappa shape index (κ3) is 4.45. The Labute approximate surface area is 97.0 Å². The van der Waals surface area contributed by atoms with Gasteiger partial charge in [0.15, 0.2) is 0 Å². The Kier molecular flexibility index (Phi) is 4.99. The van der Waals surface area contributed by atoms with E-state index in [1.165, 1.54) is 0 Å². The zero-order chi connectivity index (χ0) is 12.0. The average Bonchev–Trinajstić information content (AvgIpc) is 2.26. The predicted molar refractivity (Wildman–Crippen MR) is 65.0 cm³/mol. The van der Waals surface area contributed by atoms with Crippen molar-refractivity contribution in [3.8, 4) is 5.75 Å². The number of carbonyl (C=O) groups is 1. The first-order chi connectivity index (χ1) is 7.61. The SMILES string of the molecule is C[C@@H](COc1ccc(C=O)cc1)CN(C)C. The zero-order valence-electron chi connectivity index (χ0n) is 10.1. The molecule has 1 atom stereocenters. The van der Waals surface area contributed by atoms with E-state index < -0.39 is 0 Å². The zero-order valence-corrected chi connectivity index (χ0v) is 10.1. The Bertz CT molecular complexity index is 319. The maximum Gasteiger partial charge on any atom is 0.150 e. The van der Waals surface area contributed by atoms with Crippen LogP contribution >= 0.6 is 0 Å². The number of rotatable bonds is 6. The van der Waals surface area contributed by atoms with E-state index in [-0.39, 0.29) is 0 Å². The second-order valence-electron chi connectivity index (χ2n) is 4.37. The summed E-state index contributed by atoms with van der Waals surface area (Å²) in [7, 11) is 4.10. The molecule has 0 aromatic heterocycles. The largest absolute Gasteiger partial charge is 0.493 e. The molecule has 1 rings (SSSR count). The quantitative estimate of drug-likeness (QED) is 0.689. The van der Waals surface area contributed by atoms with E-state index in [0.717, 1.165) is 18.6 Å². The molecule has 1 aromatic carbocycles. The molecule has 3 heteroatoms. The average molecular weight is 221 g/mol. The molecule has 88 valence electrons. The standard InChI is InChI=1S/C13H19NO2/c1-11(8-14(2)3)10-16-13-6-4-12(9-15)5-7-13/h4-7,9,11H,8,10H2,1-3H3/t11-/m1/s1. The van der Waals surface area contributed by atoms with E-state index in [0.29, 0.717) is 18.1 Å². The lowest BCUT2D eigenvalue weighted by atomic mass is 10.2. The first-order valence-corrected chi connectivity index (χ1v) is 5.44. The van der Waals surface area contributed by atoms with Crippen molar-refractivity contribution in [1.29, 1.82) is 0 Å². The lowest BCUT2D eigenvalue weighted by Gasteiger charge is -2.17. The number of ether oxygens (including phenoxy) is 1. The van der Waals surface area contributed by atoms with Gasteiger partial charge in [-0.3, -0.25) is 4.79 Å². The van der Waals surface area contributed by atoms with Crippen LogP contribution in [0.15, 0.2) is 24.3 Å². The van der Waals surface area contributed by atoms with E-state index in [1.54, 1.807) is 12.1 Å². The second-order valence-corrected chi connectivity index (χ2v) is 4.37. The molecule has 0 spiro atoms. The normalized spacial score (nSPS) is 12.5. The molecule has 0 heterocycles. The van der Waals surface area contributed by atoms with Crippen molar-refractivity contribution < 1.29 is 9.53 Å². The summed E-state index contributed by atoms with van der Waals surface area (Å²) in [6.45, 7) is 3.85. The minimum Gasteiger partial charge on any atom is -0.493 e. The van der Waals surface area contributed by atoms with Crippen molar-refractivity contribution in [2.24, 2.45) is 5.92 Å². The molecule has 0 aliphatic rings. The Hall–Kier alpha value is -1.35. The molecule has 0 radical (unpaired) electrons. The summed E-state index contributed by atoms with van der Waals surface area (Å²) >= 11 is 0. The number of carbonyl (C=O) groups excluding carboxylic acids is 1. The van der Waals surface area contributed by atoms with Gasteiger partial charge in [-0.2, -0.15) is 0 Å². The van der Waals surface area contributed by atoms with Gasteiger partial charge in [0.2, 0.25) is 0 Å². The van der Waals surface area contributed by atoms with E-state index in [9.17, 15) is 4.79 Å². The molecule has 1 aromatic rings. The van der Waals surface area contributed by atoms with Gasteiger partial charge >= 0.3 is 0 Å². The van der Waals surface area contributed by atoms with Crippen molar-refractivity contribution in [2.75, 3.05) is 27.2 Å². The Morgan fingerprint density at radius 2 is 1.94 bits per heavy atom. The molecule has 0 saturated carbocycles. The molecule has 0 fully saturated rings. The van der Waals surface area contributed by atoms with Crippen LogP contribution in [0, 0.1) is 5.92 Å². The highest BCUT2D eigenvalue weighted by Gasteiger charge is 2.04. The van der Waals surface area contributed by atoms with Gasteiger partial charge < -0.3 is 9.64 Å². The maximum atomic E-state index is 10.5. The Balaban J connectivity index is 2.39. The Morgan fingerprint density at radius 1 is 1.31 bits per heavy atom. The summed E-state index contributed by atoms with van der Waals surface area (Å²) < 4.78 is 5.63. The smallest absolute Gasteiger partial charge is 0.150 e. The molecular weight excluding hydrogens is 202 g/mol. The first-order valence-electron chi connectivity index (χ1n) is 5.44. The molecule has 0 amide bonds. The lowest BCUT2D eigenvalue weighted by molar-refractivity contribution is 0.112. The highest BCUT2D eigenvalue weighted by atomic mass is 16.5. The van der Waals surface area contributed by atoms with Crippen LogP contribution in [0.5, 0.6) is 5.75 Å². The van der Waals surface area contributed by atoms with Gasteiger partial charge in [-0.05, 0) is 38.4 Å². The van der Waals surface area contributed by atoms with Gasteiger partial charge in [0, 0.05) is 18.0 Å². The third-order valence-electron chi connectivity index (χ3n) is 2.23. The van der Waals surface area contributed by atoms with Gasteiger partial charge in [0.25, 0.3) is 0 Å². The fourth-order valence-corrected chi connectivity index (χ4v) is 1.56. The summed E-state index contributed by atoms with van der Waals surface area (Å²) in [4.78, 5) is 12.6. The van der Waals surface area contributed by atoms with Crippen LogP contribution in [-0.4, -0.2) is 38.4 Å². The number of aldehydes is 1. The fraction of sp³-hybridized carbons (Fsp3) is 0.462. The number of benzene rings is 1. The molecule has 0 unspecified atom stereocenters.